The molecule has 0 aromatic heterocycles. The van der Waals surface area contributed by atoms with Crippen molar-refractivity contribution in [2.24, 2.45) is 0 Å². The van der Waals surface area contributed by atoms with Crippen LogP contribution in [0.25, 0.3) is 11.1 Å². The zero-order chi connectivity index (χ0) is 25.7. The van der Waals surface area contributed by atoms with Crippen molar-refractivity contribution in [3.05, 3.63) is 53.8 Å². The third kappa shape index (κ3) is 6.04. The van der Waals surface area contributed by atoms with E-state index in [1.807, 2.05) is 0 Å². The Labute approximate surface area is 189 Å². The summed E-state index contributed by atoms with van der Waals surface area (Å²) >= 11 is 0. The molecule has 12 heteroatoms. The van der Waals surface area contributed by atoms with Gasteiger partial charge in [-0.15, -0.1) is 0 Å². The van der Waals surface area contributed by atoms with Crippen LogP contribution < -0.4 is 5.32 Å². The number of hydrogen-bond acceptors (Lipinski definition) is 4. The van der Waals surface area contributed by atoms with E-state index in [2.05, 4.69) is 10.1 Å². The zero-order valence-electron chi connectivity index (χ0n) is 17.7. The highest BCUT2D eigenvalue weighted by Crippen LogP contribution is 2.50. The number of esters is 1. The molecular formula is C22H20F7NO4. The van der Waals surface area contributed by atoms with Crippen LogP contribution in [0.3, 0.4) is 0 Å². The predicted octanol–water partition coefficient (Wildman–Crippen LogP) is 5.48. The number of carbonyl (C=O) groups is 2. The quantitative estimate of drug-likeness (QED) is 0.289. The molecule has 0 fully saturated rings. The summed E-state index contributed by atoms with van der Waals surface area (Å²) < 4.78 is 96.9. The van der Waals surface area contributed by atoms with E-state index in [1.54, 1.807) is 0 Å². The molecule has 186 valence electrons. The van der Waals surface area contributed by atoms with E-state index >= 15 is 0 Å². The molecule has 1 amide bonds. The Kier molecular flexibility index (Phi) is 8.30. The first kappa shape index (κ1) is 27.1. The van der Waals surface area contributed by atoms with E-state index in [0.29, 0.717) is 30.7 Å². The molecule has 2 aromatic rings. The van der Waals surface area contributed by atoms with E-state index in [1.165, 1.54) is 31.4 Å². The molecule has 0 atom stereocenters. The van der Waals surface area contributed by atoms with E-state index in [0.717, 1.165) is 0 Å². The van der Waals surface area contributed by atoms with Crippen LogP contribution in [0.1, 0.15) is 31.2 Å². The van der Waals surface area contributed by atoms with Gasteiger partial charge in [0.1, 0.15) is 5.82 Å². The van der Waals surface area contributed by atoms with Crippen molar-refractivity contribution in [2.45, 2.75) is 43.6 Å². The molecule has 0 saturated carbocycles. The second-order valence-electron chi connectivity index (χ2n) is 7.31. The second kappa shape index (κ2) is 10.4. The minimum absolute atomic E-state index is 0.0136. The smallest absolute Gasteiger partial charge is 0.430 e. The van der Waals surface area contributed by atoms with Gasteiger partial charge in [-0.3, -0.25) is 9.59 Å². The third-order valence-corrected chi connectivity index (χ3v) is 4.95. The SMILES string of the molecule is COC(=O)CCCCC(=O)Nc1ccc(-c2ccc(C(O)(C(F)(F)F)C(F)(F)F)cc2F)cc1. The van der Waals surface area contributed by atoms with Crippen molar-refractivity contribution in [1.82, 2.24) is 0 Å². The predicted molar refractivity (Wildman–Crippen MR) is 107 cm³/mol. The van der Waals surface area contributed by atoms with Gasteiger partial charge >= 0.3 is 18.3 Å². The van der Waals surface area contributed by atoms with Crippen molar-refractivity contribution < 1.29 is 50.2 Å². The molecule has 0 spiro atoms. The summed E-state index contributed by atoms with van der Waals surface area (Å²) in [5.74, 6) is -2.16. The van der Waals surface area contributed by atoms with Gasteiger partial charge in [-0.2, -0.15) is 26.3 Å². The molecule has 0 aliphatic rings. The van der Waals surface area contributed by atoms with Crippen LogP contribution in [-0.2, 0) is 19.9 Å². The molecule has 2 N–H and O–H groups in total. The van der Waals surface area contributed by atoms with Crippen LogP contribution in [0, 0.1) is 5.82 Å². The third-order valence-electron chi connectivity index (χ3n) is 4.95. The number of aliphatic hydroxyl groups is 1. The molecule has 0 saturated heterocycles. The Bertz CT molecular complexity index is 1000. The highest BCUT2D eigenvalue weighted by atomic mass is 19.4. The van der Waals surface area contributed by atoms with Crippen molar-refractivity contribution in [1.29, 1.82) is 0 Å². The molecule has 34 heavy (non-hydrogen) atoms. The fourth-order valence-electron chi connectivity index (χ4n) is 3.08. The molecule has 0 aliphatic carbocycles. The summed E-state index contributed by atoms with van der Waals surface area (Å²) in [5.41, 5.74) is -6.81. The first-order valence-corrected chi connectivity index (χ1v) is 9.83. The minimum Gasteiger partial charge on any atom is -0.469 e. The minimum atomic E-state index is -6.13. The van der Waals surface area contributed by atoms with Crippen molar-refractivity contribution in [2.75, 3.05) is 12.4 Å². The highest BCUT2D eigenvalue weighted by molar-refractivity contribution is 5.91. The molecular weight excluding hydrogens is 475 g/mol. The number of halogens is 7. The number of anilines is 1. The highest BCUT2D eigenvalue weighted by Gasteiger charge is 2.71. The molecule has 0 aliphatic heterocycles. The Morgan fingerprint density at radius 1 is 0.912 bits per heavy atom. The largest absolute Gasteiger partial charge is 0.469 e. The molecule has 0 bridgehead atoms. The summed E-state index contributed by atoms with van der Waals surface area (Å²) in [6.45, 7) is 0. The zero-order valence-corrected chi connectivity index (χ0v) is 17.7. The van der Waals surface area contributed by atoms with Gasteiger partial charge in [0, 0.05) is 29.7 Å². The van der Waals surface area contributed by atoms with Crippen LogP contribution in [0.15, 0.2) is 42.5 Å². The van der Waals surface area contributed by atoms with Crippen molar-refractivity contribution >= 4 is 17.6 Å². The van der Waals surface area contributed by atoms with Gasteiger partial charge in [-0.1, -0.05) is 24.3 Å². The number of alkyl halides is 6. The number of hydrogen-bond donors (Lipinski definition) is 2. The standard InChI is InChI=1S/C22H20F7NO4/c1-34-19(32)5-3-2-4-18(31)30-15-9-6-13(7-10-15)16-11-8-14(12-17(16)23)20(33,21(24,25)26)22(27,28)29/h6-12,33H,2-5H2,1H3,(H,30,31). The molecule has 5 nitrogen and oxygen atoms in total. The average molecular weight is 495 g/mol. The Morgan fingerprint density at radius 2 is 1.47 bits per heavy atom. The van der Waals surface area contributed by atoms with Crippen molar-refractivity contribution in [3.8, 4) is 11.1 Å². The lowest BCUT2D eigenvalue weighted by molar-refractivity contribution is -0.376. The van der Waals surface area contributed by atoms with Crippen LogP contribution in [0.2, 0.25) is 0 Å². The van der Waals surface area contributed by atoms with E-state index < -0.39 is 35.3 Å². The monoisotopic (exact) mass is 495 g/mol. The number of ether oxygens (including phenoxy) is 1. The van der Waals surface area contributed by atoms with E-state index in [-0.39, 0.29) is 35.9 Å². The van der Waals surface area contributed by atoms with Gasteiger partial charge in [0.15, 0.2) is 0 Å². The van der Waals surface area contributed by atoms with Crippen LogP contribution in [-0.4, -0.2) is 36.4 Å². The maximum Gasteiger partial charge on any atom is 0.430 e. The fourth-order valence-corrected chi connectivity index (χ4v) is 3.08. The molecule has 2 rings (SSSR count). The van der Waals surface area contributed by atoms with Crippen molar-refractivity contribution in [3.63, 3.8) is 0 Å². The number of methoxy groups -OCH3 is 1. The number of carbonyl (C=O) groups excluding carboxylic acids is 2. The van der Waals surface area contributed by atoms with Gasteiger partial charge in [0.25, 0.3) is 5.60 Å². The molecule has 0 radical (unpaired) electrons. The first-order valence-electron chi connectivity index (χ1n) is 9.83. The van der Waals surface area contributed by atoms with Gasteiger partial charge in [-0.25, -0.2) is 4.39 Å². The summed E-state index contributed by atoms with van der Waals surface area (Å²) in [6, 6.07) is 6.40. The number of unbranched alkanes of at least 4 members (excludes halogenated alkanes) is 1. The summed E-state index contributed by atoms with van der Waals surface area (Å²) in [5, 5.41) is 12.0. The second-order valence-corrected chi connectivity index (χ2v) is 7.31. The number of amides is 1. The maximum atomic E-state index is 14.5. The van der Waals surface area contributed by atoms with Gasteiger partial charge < -0.3 is 15.2 Å². The Morgan fingerprint density at radius 3 is 1.97 bits per heavy atom. The number of benzene rings is 2. The lowest BCUT2D eigenvalue weighted by Gasteiger charge is -2.32. The number of rotatable bonds is 8. The summed E-state index contributed by atoms with van der Waals surface area (Å²) in [6.07, 6.45) is -11.1. The van der Waals surface area contributed by atoms with Gasteiger partial charge in [0.05, 0.1) is 7.11 Å². The topological polar surface area (TPSA) is 75.6 Å². The molecule has 0 heterocycles. The number of nitrogens with one attached hydrogen (secondary N) is 1. The van der Waals surface area contributed by atoms with Crippen LogP contribution >= 0.6 is 0 Å². The summed E-state index contributed by atoms with van der Waals surface area (Å²) in [7, 11) is 1.25. The van der Waals surface area contributed by atoms with E-state index in [9.17, 15) is 45.4 Å². The average Bonchev–Trinajstić information content (AvgIpc) is 2.75. The lowest BCUT2D eigenvalue weighted by atomic mass is 9.90. The molecule has 0 unspecified atom stereocenters. The molecule has 2 aromatic carbocycles. The van der Waals surface area contributed by atoms with Gasteiger partial charge in [0.2, 0.25) is 5.91 Å². The normalized spacial score (nSPS) is 12.4. The maximum absolute atomic E-state index is 14.5. The summed E-state index contributed by atoms with van der Waals surface area (Å²) in [4.78, 5) is 22.9. The Balaban J connectivity index is 2.13. The fraction of sp³-hybridized carbons (Fsp3) is 0.364. The van der Waals surface area contributed by atoms with Crippen LogP contribution in [0.4, 0.5) is 36.4 Å². The first-order chi connectivity index (χ1) is 15.7. The van der Waals surface area contributed by atoms with E-state index in [4.69, 9.17) is 0 Å². The lowest BCUT2D eigenvalue weighted by Crippen LogP contribution is -2.53. The van der Waals surface area contributed by atoms with Crippen LogP contribution in [0.5, 0.6) is 0 Å². The Hall–Kier alpha value is -3.15. The van der Waals surface area contributed by atoms with Gasteiger partial charge in [-0.05, 0) is 36.6 Å².